The topological polar surface area (TPSA) is 43.7 Å². The Hall–Kier alpha value is -0.120. The van der Waals surface area contributed by atoms with Crippen molar-refractivity contribution in [2.24, 2.45) is 0 Å². The molecule has 0 aromatic carbocycles. The minimum Gasteiger partial charge on any atom is -0.392 e. The van der Waals surface area contributed by atoms with E-state index in [-0.39, 0.29) is 12.2 Å². The van der Waals surface area contributed by atoms with Crippen LogP contribution in [0.3, 0.4) is 0 Å². The van der Waals surface area contributed by atoms with E-state index in [1.165, 1.54) is 141 Å². The first-order valence-corrected chi connectivity index (χ1v) is 17.7. The highest BCUT2D eigenvalue weighted by Crippen LogP contribution is 2.15. The van der Waals surface area contributed by atoms with Crippen molar-refractivity contribution < 1.29 is 10.2 Å². The van der Waals surface area contributed by atoms with Crippen LogP contribution in [0.4, 0.5) is 0 Å². The average molecular weight is 540 g/mol. The summed E-state index contributed by atoms with van der Waals surface area (Å²) in [7, 11) is 0. The predicted octanol–water partition coefficient (Wildman–Crippen LogP) is 10.6. The number of rotatable bonds is 32. The van der Waals surface area contributed by atoms with Crippen molar-refractivity contribution in [3.05, 3.63) is 0 Å². The van der Waals surface area contributed by atoms with Crippen LogP contribution in [0.1, 0.15) is 194 Å². The highest BCUT2D eigenvalue weighted by molar-refractivity contribution is 4.69. The summed E-state index contributed by atoms with van der Waals surface area (Å²) in [4.78, 5) is 2.30. The molecular weight excluding hydrogens is 466 g/mol. The van der Waals surface area contributed by atoms with Crippen LogP contribution < -0.4 is 0 Å². The third-order valence-corrected chi connectivity index (χ3v) is 8.26. The molecule has 0 heterocycles. The quantitative estimate of drug-likeness (QED) is 0.0835. The molecule has 0 aromatic rings. The van der Waals surface area contributed by atoms with Crippen molar-refractivity contribution in [3.63, 3.8) is 0 Å². The van der Waals surface area contributed by atoms with Crippen molar-refractivity contribution in [1.82, 2.24) is 4.90 Å². The Bertz CT molecular complexity index is 394. The molecule has 0 aliphatic carbocycles. The summed E-state index contributed by atoms with van der Waals surface area (Å²) in [6.45, 7) is 9.19. The average Bonchev–Trinajstić information content (AvgIpc) is 2.90. The lowest BCUT2D eigenvalue weighted by molar-refractivity contribution is 0.0606. The van der Waals surface area contributed by atoms with Crippen LogP contribution in [-0.2, 0) is 0 Å². The van der Waals surface area contributed by atoms with E-state index in [1.807, 2.05) is 0 Å². The SMILES string of the molecule is CCCCCCCCCCCCCC[C@@H](O)CN(CCC)C[C@H](O)CCCCCCCCCCCCCC. The maximum atomic E-state index is 10.6. The van der Waals surface area contributed by atoms with Crippen LogP contribution in [0.25, 0.3) is 0 Å². The Labute approximate surface area is 240 Å². The van der Waals surface area contributed by atoms with Crippen molar-refractivity contribution in [3.8, 4) is 0 Å². The first kappa shape index (κ1) is 37.9. The summed E-state index contributed by atoms with van der Waals surface area (Å²) in [6, 6.07) is 0. The van der Waals surface area contributed by atoms with Gasteiger partial charge in [0.05, 0.1) is 12.2 Å². The highest BCUT2D eigenvalue weighted by atomic mass is 16.3. The third kappa shape index (κ3) is 28.9. The van der Waals surface area contributed by atoms with Crippen LogP contribution >= 0.6 is 0 Å². The molecule has 2 N–H and O–H groups in total. The van der Waals surface area contributed by atoms with Gasteiger partial charge >= 0.3 is 0 Å². The number of aliphatic hydroxyl groups is 2. The highest BCUT2D eigenvalue weighted by Gasteiger charge is 2.15. The number of hydrogen-bond donors (Lipinski definition) is 2. The Balaban J connectivity index is 3.66. The lowest BCUT2D eigenvalue weighted by atomic mass is 10.0. The molecule has 0 radical (unpaired) electrons. The van der Waals surface area contributed by atoms with Gasteiger partial charge in [0.15, 0.2) is 0 Å². The van der Waals surface area contributed by atoms with E-state index < -0.39 is 0 Å². The lowest BCUT2D eigenvalue weighted by Gasteiger charge is -2.27. The van der Waals surface area contributed by atoms with E-state index in [4.69, 9.17) is 0 Å². The molecule has 0 bridgehead atoms. The Morgan fingerprint density at radius 3 is 0.895 bits per heavy atom. The van der Waals surface area contributed by atoms with E-state index in [9.17, 15) is 10.2 Å². The van der Waals surface area contributed by atoms with Crippen molar-refractivity contribution in [2.45, 2.75) is 206 Å². The fourth-order valence-corrected chi connectivity index (χ4v) is 5.79. The zero-order chi connectivity index (χ0) is 27.9. The van der Waals surface area contributed by atoms with Gasteiger partial charge < -0.3 is 10.2 Å². The van der Waals surface area contributed by atoms with Gasteiger partial charge in [-0.15, -0.1) is 0 Å². The molecule has 230 valence electrons. The number of unbranched alkanes of at least 4 members (excludes halogenated alkanes) is 22. The van der Waals surface area contributed by atoms with E-state index in [0.717, 1.165) is 51.7 Å². The fourth-order valence-electron chi connectivity index (χ4n) is 5.79. The first-order chi connectivity index (χ1) is 18.6. The van der Waals surface area contributed by atoms with E-state index >= 15 is 0 Å². The van der Waals surface area contributed by atoms with Gasteiger partial charge in [-0.25, -0.2) is 0 Å². The molecule has 0 amide bonds. The molecule has 0 aromatic heterocycles. The summed E-state index contributed by atoms with van der Waals surface area (Å²) in [5.41, 5.74) is 0. The Morgan fingerprint density at radius 1 is 0.368 bits per heavy atom. The van der Waals surface area contributed by atoms with Crippen LogP contribution in [0.15, 0.2) is 0 Å². The molecule has 0 spiro atoms. The number of aliphatic hydroxyl groups excluding tert-OH is 2. The number of hydrogen-bond acceptors (Lipinski definition) is 3. The van der Waals surface area contributed by atoms with Crippen molar-refractivity contribution in [2.75, 3.05) is 19.6 Å². The van der Waals surface area contributed by atoms with Crippen molar-refractivity contribution in [1.29, 1.82) is 0 Å². The zero-order valence-corrected chi connectivity index (χ0v) is 26.7. The fraction of sp³-hybridized carbons (Fsp3) is 1.00. The molecule has 0 aliphatic rings. The van der Waals surface area contributed by atoms with E-state index in [0.29, 0.717) is 0 Å². The van der Waals surface area contributed by atoms with Crippen LogP contribution in [-0.4, -0.2) is 47.0 Å². The molecule has 0 unspecified atom stereocenters. The third-order valence-electron chi connectivity index (χ3n) is 8.26. The van der Waals surface area contributed by atoms with Gasteiger partial charge in [-0.05, 0) is 25.8 Å². The summed E-state index contributed by atoms with van der Waals surface area (Å²) in [5.74, 6) is 0. The molecule has 2 atom stereocenters. The summed E-state index contributed by atoms with van der Waals surface area (Å²) >= 11 is 0. The first-order valence-electron chi connectivity index (χ1n) is 17.7. The normalized spacial score (nSPS) is 13.4. The largest absolute Gasteiger partial charge is 0.392 e. The Kier molecular flexibility index (Phi) is 31.3. The monoisotopic (exact) mass is 540 g/mol. The standard InChI is InChI=1S/C35H73NO2/c1-4-7-9-11-13-15-17-19-21-23-25-27-29-34(37)32-36(31-6-3)33-35(38)30-28-26-24-22-20-18-16-14-12-10-8-5-2/h34-35,37-38H,4-33H2,1-3H3/t34-,35-/m1/s1. The molecule has 3 nitrogen and oxygen atoms in total. The Morgan fingerprint density at radius 2 is 0.632 bits per heavy atom. The van der Waals surface area contributed by atoms with Crippen molar-refractivity contribution >= 4 is 0 Å². The molecule has 0 aliphatic heterocycles. The maximum absolute atomic E-state index is 10.6. The maximum Gasteiger partial charge on any atom is 0.0667 e. The van der Waals surface area contributed by atoms with Gasteiger partial charge in [-0.2, -0.15) is 0 Å². The molecule has 0 fully saturated rings. The smallest absolute Gasteiger partial charge is 0.0667 e. The molecule has 0 rings (SSSR count). The number of nitrogens with zero attached hydrogens (tertiary/aromatic N) is 1. The van der Waals surface area contributed by atoms with Crippen LogP contribution in [0, 0.1) is 0 Å². The molecular formula is C35H73NO2. The van der Waals surface area contributed by atoms with Crippen LogP contribution in [0.5, 0.6) is 0 Å². The molecule has 0 saturated heterocycles. The van der Waals surface area contributed by atoms with Gasteiger partial charge in [0.2, 0.25) is 0 Å². The van der Waals surface area contributed by atoms with Gasteiger partial charge in [0, 0.05) is 13.1 Å². The minimum absolute atomic E-state index is 0.247. The molecule has 38 heavy (non-hydrogen) atoms. The second-order valence-electron chi connectivity index (χ2n) is 12.4. The summed E-state index contributed by atoms with van der Waals surface area (Å²) in [6.07, 6.45) is 35.0. The van der Waals surface area contributed by atoms with Gasteiger partial charge in [0.1, 0.15) is 0 Å². The van der Waals surface area contributed by atoms with E-state index in [2.05, 4.69) is 25.7 Å². The zero-order valence-electron chi connectivity index (χ0n) is 26.7. The molecule has 3 heteroatoms. The predicted molar refractivity (Wildman–Crippen MR) is 170 cm³/mol. The lowest BCUT2D eigenvalue weighted by Crippen LogP contribution is -2.38. The van der Waals surface area contributed by atoms with Gasteiger partial charge in [-0.1, -0.05) is 175 Å². The second kappa shape index (κ2) is 31.4. The summed E-state index contributed by atoms with van der Waals surface area (Å²) in [5, 5.41) is 21.2. The van der Waals surface area contributed by atoms with Gasteiger partial charge in [0.25, 0.3) is 0 Å². The van der Waals surface area contributed by atoms with Crippen LogP contribution in [0.2, 0.25) is 0 Å². The minimum atomic E-state index is -0.247. The van der Waals surface area contributed by atoms with Gasteiger partial charge in [-0.3, -0.25) is 4.90 Å². The summed E-state index contributed by atoms with van der Waals surface area (Å²) < 4.78 is 0. The second-order valence-corrected chi connectivity index (χ2v) is 12.4. The molecule has 0 saturated carbocycles. The van der Waals surface area contributed by atoms with E-state index in [1.54, 1.807) is 0 Å².